The van der Waals surface area contributed by atoms with Gasteiger partial charge in [-0.05, 0) is 60.3 Å². The Hall–Kier alpha value is -1.31. The molecule has 0 aliphatic heterocycles. The molecule has 2 heteroatoms. The van der Waals surface area contributed by atoms with E-state index >= 15 is 0 Å². The molecule has 4 aliphatic carbocycles. The first kappa shape index (κ1) is 13.2. The topological polar surface area (TPSA) is 37.3 Å². The molecule has 1 spiro atoms. The number of rotatable bonds is 0. The van der Waals surface area contributed by atoms with E-state index in [1.807, 2.05) is 12.1 Å². The van der Waals surface area contributed by atoms with Crippen LogP contribution in [0.5, 0.6) is 5.75 Å². The Morgan fingerprint density at radius 3 is 2.68 bits per heavy atom. The lowest BCUT2D eigenvalue weighted by molar-refractivity contribution is -0.209. The van der Waals surface area contributed by atoms with Crippen LogP contribution in [0.3, 0.4) is 0 Å². The van der Waals surface area contributed by atoms with Crippen molar-refractivity contribution in [3.05, 3.63) is 29.3 Å². The highest BCUT2D eigenvalue weighted by molar-refractivity contribution is 5.88. The number of hydrogen-bond acceptors (Lipinski definition) is 2. The third-order valence-electron chi connectivity index (χ3n) is 8.55. The molecule has 3 saturated carbocycles. The van der Waals surface area contributed by atoms with E-state index in [0.717, 1.165) is 25.7 Å². The first-order chi connectivity index (χ1) is 10.3. The summed E-state index contributed by atoms with van der Waals surface area (Å²) in [6.07, 6.45) is 5.21. The van der Waals surface area contributed by atoms with Crippen molar-refractivity contribution in [3.8, 4) is 5.75 Å². The average Bonchev–Trinajstić information content (AvgIpc) is 2.76. The van der Waals surface area contributed by atoms with Gasteiger partial charge in [-0.3, -0.25) is 4.79 Å². The fourth-order valence-corrected chi connectivity index (χ4v) is 7.76. The van der Waals surface area contributed by atoms with Crippen molar-refractivity contribution in [3.63, 3.8) is 0 Å². The van der Waals surface area contributed by atoms with E-state index in [2.05, 4.69) is 26.8 Å². The lowest BCUT2D eigenvalue weighted by atomic mass is 9.21. The minimum Gasteiger partial charge on any atom is -0.508 e. The van der Waals surface area contributed by atoms with Crippen LogP contribution < -0.4 is 0 Å². The van der Waals surface area contributed by atoms with Crippen molar-refractivity contribution in [2.24, 2.45) is 16.7 Å². The maximum Gasteiger partial charge on any atom is 0.139 e. The van der Waals surface area contributed by atoms with Crippen LogP contribution in [0.2, 0.25) is 0 Å². The second-order valence-corrected chi connectivity index (χ2v) is 8.99. The van der Waals surface area contributed by atoms with Crippen molar-refractivity contribution in [1.82, 2.24) is 0 Å². The number of carbonyl (C=O) groups excluding carboxylic acids is 1. The molecule has 1 aromatic carbocycles. The molecule has 0 saturated heterocycles. The third-order valence-corrected chi connectivity index (χ3v) is 8.55. The van der Waals surface area contributed by atoms with Gasteiger partial charge in [0.05, 0.1) is 0 Å². The Labute approximate surface area is 131 Å². The standard InChI is InChI=1S/C20H24O2/c1-17-8-9-20-13-5-4-12(21)10-14(13)18(20,2)11-19(20,3)15(17)6-7-16(17)22/h4-5,10,15,21H,6-9,11H2,1-3H3/t15-,17+,18?,19+,20-/m1/s1. The Kier molecular flexibility index (Phi) is 1.97. The Bertz CT molecular complexity index is 737. The van der Waals surface area contributed by atoms with E-state index in [1.165, 1.54) is 17.5 Å². The first-order valence-corrected chi connectivity index (χ1v) is 8.67. The highest BCUT2D eigenvalue weighted by atomic mass is 16.3. The van der Waals surface area contributed by atoms with Gasteiger partial charge in [0, 0.05) is 22.7 Å². The zero-order chi connectivity index (χ0) is 15.5. The number of benzene rings is 1. The number of fused-ring (bicyclic) bond motifs is 4. The number of hydrogen-bond donors (Lipinski definition) is 1. The van der Waals surface area contributed by atoms with Crippen LogP contribution in [0.15, 0.2) is 18.2 Å². The minimum atomic E-state index is -0.0754. The van der Waals surface area contributed by atoms with Gasteiger partial charge in [0.2, 0.25) is 0 Å². The smallest absolute Gasteiger partial charge is 0.139 e. The lowest BCUT2D eigenvalue weighted by Gasteiger charge is -2.81. The maximum atomic E-state index is 12.5. The lowest BCUT2D eigenvalue weighted by Crippen LogP contribution is -2.79. The fourth-order valence-electron chi connectivity index (χ4n) is 7.76. The van der Waals surface area contributed by atoms with Gasteiger partial charge in [0.15, 0.2) is 0 Å². The minimum absolute atomic E-state index is 0.0754. The van der Waals surface area contributed by atoms with Crippen molar-refractivity contribution < 1.29 is 9.90 Å². The van der Waals surface area contributed by atoms with E-state index < -0.39 is 0 Å². The van der Waals surface area contributed by atoms with Gasteiger partial charge in [-0.2, -0.15) is 0 Å². The second-order valence-electron chi connectivity index (χ2n) is 8.99. The van der Waals surface area contributed by atoms with E-state index in [9.17, 15) is 9.90 Å². The highest BCUT2D eigenvalue weighted by Gasteiger charge is 2.82. The second kappa shape index (κ2) is 3.29. The number of aromatic hydroxyl groups is 1. The van der Waals surface area contributed by atoms with E-state index in [1.54, 1.807) is 0 Å². The molecule has 2 nitrogen and oxygen atoms in total. The molecule has 5 atom stereocenters. The van der Waals surface area contributed by atoms with Crippen LogP contribution in [-0.2, 0) is 15.6 Å². The van der Waals surface area contributed by atoms with Gasteiger partial charge in [0.25, 0.3) is 0 Å². The first-order valence-electron chi connectivity index (χ1n) is 8.67. The van der Waals surface area contributed by atoms with Crippen LogP contribution in [0.1, 0.15) is 64.0 Å². The zero-order valence-electron chi connectivity index (χ0n) is 13.7. The number of carbonyl (C=O) groups is 1. The van der Waals surface area contributed by atoms with Crippen LogP contribution in [0.4, 0.5) is 0 Å². The average molecular weight is 296 g/mol. The predicted molar refractivity (Wildman–Crippen MR) is 84.9 cm³/mol. The Morgan fingerprint density at radius 1 is 1.14 bits per heavy atom. The molecule has 3 fully saturated rings. The molecule has 22 heavy (non-hydrogen) atoms. The number of Topliss-reactive ketones (excluding diaryl/α,β-unsaturated/α-hetero) is 1. The Morgan fingerprint density at radius 2 is 1.91 bits per heavy atom. The van der Waals surface area contributed by atoms with Crippen LogP contribution >= 0.6 is 0 Å². The Balaban J connectivity index is 1.69. The molecule has 0 amide bonds. The van der Waals surface area contributed by atoms with Crippen LogP contribution in [0, 0.1) is 16.7 Å². The van der Waals surface area contributed by atoms with Gasteiger partial charge in [-0.1, -0.05) is 26.8 Å². The molecular formula is C20H24O2. The van der Waals surface area contributed by atoms with E-state index in [0.29, 0.717) is 17.5 Å². The third kappa shape index (κ3) is 0.969. The molecule has 1 N–H and O–H groups in total. The van der Waals surface area contributed by atoms with Gasteiger partial charge in [0.1, 0.15) is 11.5 Å². The molecular weight excluding hydrogens is 272 g/mol. The number of phenols is 1. The van der Waals surface area contributed by atoms with Gasteiger partial charge in [-0.15, -0.1) is 0 Å². The van der Waals surface area contributed by atoms with Gasteiger partial charge >= 0.3 is 0 Å². The quantitative estimate of drug-likeness (QED) is 0.783. The maximum absolute atomic E-state index is 12.5. The summed E-state index contributed by atoms with van der Waals surface area (Å²) in [6, 6.07) is 5.98. The number of ketones is 1. The fraction of sp³-hybridized carbons (Fsp3) is 0.650. The summed E-state index contributed by atoms with van der Waals surface area (Å²) < 4.78 is 0. The van der Waals surface area contributed by atoms with Crippen LogP contribution in [-0.4, -0.2) is 10.9 Å². The van der Waals surface area contributed by atoms with Crippen molar-refractivity contribution in [2.45, 2.75) is 63.7 Å². The number of phenolic OH excluding ortho intramolecular Hbond substituents is 1. The molecule has 1 unspecified atom stereocenters. The summed E-state index contributed by atoms with van der Waals surface area (Å²) in [5.74, 6) is 1.43. The van der Waals surface area contributed by atoms with Crippen molar-refractivity contribution >= 4 is 5.78 Å². The van der Waals surface area contributed by atoms with Crippen LogP contribution in [0.25, 0.3) is 0 Å². The summed E-state index contributed by atoms with van der Waals surface area (Å²) >= 11 is 0. The molecule has 0 bridgehead atoms. The molecule has 116 valence electrons. The molecule has 0 radical (unpaired) electrons. The van der Waals surface area contributed by atoms with E-state index in [4.69, 9.17) is 0 Å². The largest absolute Gasteiger partial charge is 0.508 e. The zero-order valence-corrected chi connectivity index (χ0v) is 13.7. The summed E-state index contributed by atoms with van der Waals surface area (Å²) in [7, 11) is 0. The summed E-state index contributed by atoms with van der Waals surface area (Å²) in [5, 5.41) is 9.85. The normalized spacial score (nSPS) is 51.0. The van der Waals surface area contributed by atoms with Gasteiger partial charge in [-0.25, -0.2) is 0 Å². The molecule has 0 aromatic heterocycles. The molecule has 1 aromatic rings. The molecule has 0 heterocycles. The summed E-state index contributed by atoms with van der Waals surface area (Å²) in [4.78, 5) is 12.5. The van der Waals surface area contributed by atoms with Crippen molar-refractivity contribution in [1.29, 1.82) is 0 Å². The van der Waals surface area contributed by atoms with Crippen molar-refractivity contribution in [2.75, 3.05) is 0 Å². The monoisotopic (exact) mass is 296 g/mol. The summed E-state index contributed by atoms with van der Waals surface area (Å²) in [6.45, 7) is 7.07. The molecule has 4 aliphatic rings. The predicted octanol–water partition coefficient (Wildman–Crippen LogP) is 4.09. The molecule has 5 rings (SSSR count). The SMILES string of the molecule is CC12C[C@@]3(C)[C@@H]4CCC(=O)[C@@]4(C)CC[C@@]13c1ccc(O)cc12. The highest BCUT2D eigenvalue weighted by Crippen LogP contribution is 2.84. The summed E-state index contributed by atoms with van der Waals surface area (Å²) in [5.41, 5.74) is 3.46. The van der Waals surface area contributed by atoms with Gasteiger partial charge < -0.3 is 5.11 Å². The van der Waals surface area contributed by atoms with E-state index in [-0.39, 0.29) is 21.7 Å².